The van der Waals surface area contributed by atoms with Crippen LogP contribution in [0.3, 0.4) is 0 Å². The Labute approximate surface area is 84.8 Å². The van der Waals surface area contributed by atoms with Gasteiger partial charge in [0.15, 0.2) is 0 Å². The van der Waals surface area contributed by atoms with E-state index in [2.05, 4.69) is 33.6 Å². The van der Waals surface area contributed by atoms with E-state index in [-0.39, 0.29) is 0 Å². The van der Waals surface area contributed by atoms with E-state index in [1.165, 1.54) is 17.7 Å². The summed E-state index contributed by atoms with van der Waals surface area (Å²) in [6.45, 7) is 0. The fourth-order valence-electron chi connectivity index (χ4n) is 1.53. The lowest BCUT2D eigenvalue weighted by Crippen LogP contribution is -1.94. The third-order valence-electron chi connectivity index (χ3n) is 2.12. The van der Waals surface area contributed by atoms with Crippen LogP contribution in [0.1, 0.15) is 23.2 Å². The summed E-state index contributed by atoms with van der Waals surface area (Å²) in [5.41, 5.74) is 3.18. The predicted octanol–water partition coefficient (Wildman–Crippen LogP) is 2.05. The monoisotopic (exact) mass is 270 g/mol. The topological polar surface area (TPSA) is 36.7 Å². The Kier molecular flexibility index (Phi) is 2.01. The molecule has 2 rings (SSSR count). The van der Waals surface area contributed by atoms with Gasteiger partial charge in [-0.3, -0.25) is 0 Å². The first-order valence-electron chi connectivity index (χ1n) is 3.89. The largest absolute Gasteiger partial charge is 0.245 e. The van der Waals surface area contributed by atoms with Crippen LogP contribution in [0.5, 0.6) is 0 Å². The lowest BCUT2D eigenvalue weighted by atomic mass is 10.2. The van der Waals surface area contributed by atoms with Crippen LogP contribution >= 0.6 is 22.6 Å². The van der Waals surface area contributed by atoms with Crippen LogP contribution < -0.4 is 0 Å². The maximum atomic E-state index is 8.75. The van der Waals surface area contributed by atoms with Gasteiger partial charge in [-0.1, -0.05) is 0 Å². The first-order valence-corrected chi connectivity index (χ1v) is 4.97. The molecule has 3 heteroatoms. The van der Waals surface area contributed by atoms with Gasteiger partial charge in [-0.15, -0.1) is 0 Å². The summed E-state index contributed by atoms with van der Waals surface area (Å²) in [7, 11) is 0. The van der Waals surface area contributed by atoms with Gasteiger partial charge in [0.2, 0.25) is 0 Å². The summed E-state index contributed by atoms with van der Waals surface area (Å²) in [4.78, 5) is 4.39. The van der Waals surface area contributed by atoms with E-state index >= 15 is 0 Å². The summed E-state index contributed by atoms with van der Waals surface area (Å²) in [6, 6.07) is 4.14. The van der Waals surface area contributed by atoms with Gasteiger partial charge in [0.25, 0.3) is 0 Å². The Morgan fingerprint density at radius 1 is 1.50 bits per heavy atom. The highest BCUT2D eigenvalue weighted by Gasteiger charge is 2.14. The first kappa shape index (κ1) is 7.99. The Morgan fingerprint density at radius 2 is 2.33 bits per heavy atom. The molecule has 0 spiro atoms. The molecule has 0 atom stereocenters. The molecular weight excluding hydrogens is 263 g/mol. The molecule has 2 nitrogen and oxygen atoms in total. The molecule has 60 valence electrons. The molecule has 0 saturated carbocycles. The summed E-state index contributed by atoms with van der Waals surface area (Å²) in [5, 5.41) is 8.75. The minimum absolute atomic E-state index is 0.719. The van der Waals surface area contributed by atoms with E-state index in [0.29, 0.717) is 0 Å². The van der Waals surface area contributed by atoms with E-state index in [1.54, 1.807) is 0 Å². The minimum Gasteiger partial charge on any atom is -0.245 e. The number of pyridine rings is 1. The second-order valence-corrected chi connectivity index (χ2v) is 3.92. The Bertz CT molecular complexity index is 365. The van der Waals surface area contributed by atoms with Crippen LogP contribution in [-0.4, -0.2) is 4.98 Å². The molecule has 0 aromatic carbocycles. The summed E-state index contributed by atoms with van der Waals surface area (Å²) in [6.07, 6.45) is 3.36. The average molecular weight is 270 g/mol. The van der Waals surface area contributed by atoms with Crippen molar-refractivity contribution in [2.24, 2.45) is 0 Å². The highest BCUT2D eigenvalue weighted by atomic mass is 127. The maximum Gasteiger partial charge on any atom is 0.119 e. The van der Waals surface area contributed by atoms with Gasteiger partial charge in [0.05, 0.1) is 5.56 Å². The summed E-state index contributed by atoms with van der Waals surface area (Å²) >= 11 is 2.12. The SMILES string of the molecule is N#Cc1cc2c(nc1I)CCC2. The van der Waals surface area contributed by atoms with Crippen molar-refractivity contribution in [2.75, 3.05) is 0 Å². The minimum atomic E-state index is 0.719. The molecular formula is C9H7IN2. The van der Waals surface area contributed by atoms with Crippen molar-refractivity contribution in [3.05, 3.63) is 26.6 Å². The van der Waals surface area contributed by atoms with Crippen molar-refractivity contribution in [2.45, 2.75) is 19.3 Å². The van der Waals surface area contributed by atoms with Crippen molar-refractivity contribution in [3.8, 4) is 6.07 Å². The highest BCUT2D eigenvalue weighted by molar-refractivity contribution is 14.1. The molecule has 1 aliphatic carbocycles. The smallest absolute Gasteiger partial charge is 0.119 e. The molecule has 1 heterocycles. The number of rotatable bonds is 0. The van der Waals surface area contributed by atoms with Gasteiger partial charge in [-0.05, 0) is 53.5 Å². The number of nitrogens with zero attached hydrogens (tertiary/aromatic N) is 2. The Balaban J connectivity index is 2.59. The van der Waals surface area contributed by atoms with Gasteiger partial charge in [0.1, 0.15) is 9.77 Å². The van der Waals surface area contributed by atoms with E-state index in [4.69, 9.17) is 5.26 Å². The first-order chi connectivity index (χ1) is 5.81. The normalized spacial score (nSPS) is 14.0. The third-order valence-corrected chi connectivity index (χ3v) is 2.95. The van der Waals surface area contributed by atoms with Crippen molar-refractivity contribution in [1.29, 1.82) is 5.26 Å². The predicted molar refractivity (Wildman–Crippen MR) is 53.7 cm³/mol. The van der Waals surface area contributed by atoms with Crippen molar-refractivity contribution in [1.82, 2.24) is 4.98 Å². The number of hydrogen-bond donors (Lipinski definition) is 0. The molecule has 0 N–H and O–H groups in total. The lowest BCUT2D eigenvalue weighted by molar-refractivity contribution is 0.898. The maximum absolute atomic E-state index is 8.75. The number of aryl methyl sites for hydroxylation is 2. The van der Waals surface area contributed by atoms with E-state index < -0.39 is 0 Å². The Hall–Kier alpha value is -0.630. The van der Waals surface area contributed by atoms with Gasteiger partial charge in [-0.2, -0.15) is 5.26 Å². The molecule has 1 aliphatic rings. The second-order valence-electron chi connectivity index (χ2n) is 2.90. The van der Waals surface area contributed by atoms with Crippen molar-refractivity contribution >= 4 is 22.6 Å². The third kappa shape index (κ3) is 1.20. The fourth-order valence-corrected chi connectivity index (χ4v) is 2.09. The molecule has 1 aromatic rings. The van der Waals surface area contributed by atoms with Crippen LogP contribution in [-0.2, 0) is 12.8 Å². The molecule has 0 radical (unpaired) electrons. The Morgan fingerprint density at radius 3 is 3.08 bits per heavy atom. The zero-order chi connectivity index (χ0) is 8.55. The second kappa shape index (κ2) is 3.02. The van der Waals surface area contributed by atoms with Gasteiger partial charge < -0.3 is 0 Å². The van der Waals surface area contributed by atoms with Crippen molar-refractivity contribution in [3.63, 3.8) is 0 Å². The number of nitriles is 1. The molecule has 0 amide bonds. The van der Waals surface area contributed by atoms with E-state index in [9.17, 15) is 0 Å². The molecule has 12 heavy (non-hydrogen) atoms. The fraction of sp³-hybridized carbons (Fsp3) is 0.333. The van der Waals surface area contributed by atoms with Crippen LogP contribution in [0.15, 0.2) is 6.07 Å². The summed E-state index contributed by atoms with van der Waals surface area (Å²) in [5.74, 6) is 0. The highest BCUT2D eigenvalue weighted by Crippen LogP contribution is 2.22. The summed E-state index contributed by atoms with van der Waals surface area (Å²) < 4.78 is 0.843. The number of hydrogen-bond acceptors (Lipinski definition) is 2. The van der Waals surface area contributed by atoms with Gasteiger partial charge in [0, 0.05) is 5.69 Å². The van der Waals surface area contributed by atoms with E-state index in [0.717, 1.165) is 22.1 Å². The van der Waals surface area contributed by atoms with Gasteiger partial charge >= 0.3 is 0 Å². The molecule has 0 aliphatic heterocycles. The average Bonchev–Trinajstić information content (AvgIpc) is 2.49. The zero-order valence-electron chi connectivity index (χ0n) is 6.47. The molecule has 0 saturated heterocycles. The van der Waals surface area contributed by atoms with Crippen LogP contribution in [0.4, 0.5) is 0 Å². The molecule has 0 fully saturated rings. The lowest BCUT2D eigenvalue weighted by Gasteiger charge is -1.99. The standard InChI is InChI=1S/C9H7IN2/c10-9-7(5-11)4-6-2-1-3-8(6)12-9/h4H,1-3H2. The van der Waals surface area contributed by atoms with Crippen LogP contribution in [0, 0.1) is 15.0 Å². The number of halogens is 1. The van der Waals surface area contributed by atoms with Crippen molar-refractivity contribution < 1.29 is 0 Å². The zero-order valence-corrected chi connectivity index (χ0v) is 8.63. The van der Waals surface area contributed by atoms with Gasteiger partial charge in [-0.25, -0.2) is 4.98 Å². The van der Waals surface area contributed by atoms with E-state index in [1.807, 2.05) is 6.07 Å². The number of aromatic nitrogens is 1. The molecule has 1 aromatic heterocycles. The number of fused-ring (bicyclic) bond motifs is 1. The quantitative estimate of drug-likeness (QED) is 0.534. The molecule has 0 bridgehead atoms. The van der Waals surface area contributed by atoms with Crippen LogP contribution in [0.2, 0.25) is 0 Å². The van der Waals surface area contributed by atoms with Crippen LogP contribution in [0.25, 0.3) is 0 Å². The molecule has 0 unspecified atom stereocenters.